The van der Waals surface area contributed by atoms with Crippen LogP contribution < -0.4 is 0 Å². The molecule has 0 aliphatic rings. The van der Waals surface area contributed by atoms with Gasteiger partial charge in [0.05, 0.1) is 16.6 Å². The Morgan fingerprint density at radius 2 is 1.83 bits per heavy atom. The van der Waals surface area contributed by atoms with Gasteiger partial charge in [-0.3, -0.25) is 4.57 Å². The molecule has 0 fully saturated rings. The van der Waals surface area contributed by atoms with Gasteiger partial charge in [-0.05, 0) is 60.4 Å². The number of hydrogen-bond donors (Lipinski definition) is 2. The van der Waals surface area contributed by atoms with Crippen LogP contribution in [0.4, 0.5) is 0 Å². The molecule has 0 bridgehead atoms. The number of aromatic hydroxyl groups is 1. The van der Waals surface area contributed by atoms with Gasteiger partial charge >= 0.3 is 5.97 Å². The molecular weight excluding hydrogens is 376 g/mol. The highest BCUT2D eigenvalue weighted by Gasteiger charge is 2.16. The van der Waals surface area contributed by atoms with Crippen molar-refractivity contribution < 1.29 is 15.0 Å². The van der Waals surface area contributed by atoms with Gasteiger partial charge in [0, 0.05) is 18.2 Å². The Balaban J connectivity index is 1.87. The molecule has 0 saturated heterocycles. The van der Waals surface area contributed by atoms with E-state index >= 15 is 0 Å². The molecule has 0 spiro atoms. The molecule has 0 atom stereocenters. The van der Waals surface area contributed by atoms with Crippen LogP contribution >= 0.6 is 0 Å². The van der Waals surface area contributed by atoms with Crippen LogP contribution in [0.2, 0.25) is 0 Å². The van der Waals surface area contributed by atoms with E-state index in [1.165, 1.54) is 0 Å². The Hall–Kier alpha value is -3.60. The van der Waals surface area contributed by atoms with E-state index in [1.54, 1.807) is 24.3 Å². The smallest absolute Gasteiger partial charge is 0.336 e. The number of carboxylic acid groups (broad SMARTS) is 1. The monoisotopic (exact) mass is 400 g/mol. The molecule has 4 aromatic rings. The third-order valence-corrected chi connectivity index (χ3v) is 5.38. The van der Waals surface area contributed by atoms with Gasteiger partial charge in [-0.15, -0.1) is 0 Å². The van der Waals surface area contributed by atoms with Crippen LogP contribution in [0.25, 0.3) is 27.8 Å². The summed E-state index contributed by atoms with van der Waals surface area (Å²) in [6.45, 7) is 4.14. The van der Waals surface area contributed by atoms with Crippen molar-refractivity contribution in [2.75, 3.05) is 0 Å². The van der Waals surface area contributed by atoms with Crippen LogP contribution in [0.15, 0.2) is 60.7 Å². The predicted octanol–water partition coefficient (Wildman–Crippen LogP) is 5.75. The number of aromatic nitrogens is 2. The first-order chi connectivity index (χ1) is 14.5. The maximum Gasteiger partial charge on any atom is 0.336 e. The molecular formula is C25H24N2O3. The van der Waals surface area contributed by atoms with Gasteiger partial charge in [0.2, 0.25) is 0 Å². The van der Waals surface area contributed by atoms with Crippen molar-refractivity contribution in [3.63, 3.8) is 0 Å². The van der Waals surface area contributed by atoms with Gasteiger partial charge in [-0.2, -0.15) is 0 Å². The highest BCUT2D eigenvalue weighted by atomic mass is 16.4. The Morgan fingerprint density at radius 1 is 1.03 bits per heavy atom. The minimum atomic E-state index is -0.938. The van der Waals surface area contributed by atoms with Crippen molar-refractivity contribution in [2.45, 2.75) is 33.1 Å². The first-order valence-corrected chi connectivity index (χ1v) is 10.1. The Labute approximate surface area is 175 Å². The number of nitrogens with zero attached hydrogens (tertiary/aromatic N) is 2. The summed E-state index contributed by atoms with van der Waals surface area (Å²) < 4.78 is 2.09. The summed E-state index contributed by atoms with van der Waals surface area (Å²) in [5.74, 6) is 0.219. The Bertz CT molecular complexity index is 1240. The molecule has 2 N–H and O–H groups in total. The molecule has 4 rings (SSSR count). The standard InChI is InChI=1S/C25H24N2O3/c1-3-4-9-24-26-22-13-11-18(28)15-23(22)27(24)17-10-12-19(16(2)14-17)20-7-5-6-8-21(20)25(29)30/h5-8,10-15,28H,3-4,9H2,1-2H3,(H,29,30). The average molecular weight is 400 g/mol. The predicted molar refractivity (Wildman–Crippen MR) is 118 cm³/mol. The van der Waals surface area contributed by atoms with Gasteiger partial charge in [-0.25, -0.2) is 9.78 Å². The number of rotatable bonds is 6. The summed E-state index contributed by atoms with van der Waals surface area (Å²) in [7, 11) is 0. The van der Waals surface area contributed by atoms with E-state index in [4.69, 9.17) is 4.98 Å². The fourth-order valence-electron chi connectivity index (χ4n) is 3.90. The SMILES string of the molecule is CCCCc1nc2ccc(O)cc2n1-c1ccc(-c2ccccc2C(=O)O)c(C)c1. The number of unbranched alkanes of at least 4 members (excludes halogenated alkanes) is 1. The molecule has 0 unspecified atom stereocenters. The number of benzene rings is 3. The summed E-state index contributed by atoms with van der Waals surface area (Å²) in [6.07, 6.45) is 2.94. The lowest BCUT2D eigenvalue weighted by Crippen LogP contribution is -2.03. The number of imidazole rings is 1. The van der Waals surface area contributed by atoms with Crippen molar-refractivity contribution in [1.82, 2.24) is 9.55 Å². The number of phenolic OH excluding ortho intramolecular Hbond substituents is 1. The Morgan fingerprint density at radius 3 is 2.57 bits per heavy atom. The van der Waals surface area contributed by atoms with Crippen molar-refractivity contribution in [1.29, 1.82) is 0 Å². The molecule has 0 radical (unpaired) electrons. The number of carbonyl (C=O) groups is 1. The van der Waals surface area contributed by atoms with Crippen molar-refractivity contribution in [3.05, 3.63) is 77.6 Å². The zero-order chi connectivity index (χ0) is 21.3. The quantitative estimate of drug-likeness (QED) is 0.432. The van der Waals surface area contributed by atoms with Crippen LogP contribution in [0, 0.1) is 6.92 Å². The van der Waals surface area contributed by atoms with Gasteiger partial charge in [0.15, 0.2) is 0 Å². The van der Waals surface area contributed by atoms with E-state index < -0.39 is 5.97 Å². The third kappa shape index (κ3) is 3.54. The van der Waals surface area contributed by atoms with Crippen molar-refractivity contribution >= 4 is 17.0 Å². The molecule has 1 aromatic heterocycles. The van der Waals surface area contributed by atoms with Crippen LogP contribution in [0.5, 0.6) is 5.75 Å². The maximum atomic E-state index is 11.6. The third-order valence-electron chi connectivity index (χ3n) is 5.38. The van der Waals surface area contributed by atoms with E-state index in [1.807, 2.05) is 37.3 Å². The zero-order valence-corrected chi connectivity index (χ0v) is 17.1. The molecule has 30 heavy (non-hydrogen) atoms. The number of fused-ring (bicyclic) bond motifs is 1. The van der Waals surface area contributed by atoms with E-state index in [9.17, 15) is 15.0 Å². The summed E-state index contributed by atoms with van der Waals surface area (Å²) >= 11 is 0. The molecule has 3 aromatic carbocycles. The highest BCUT2D eigenvalue weighted by molar-refractivity contribution is 5.96. The van der Waals surface area contributed by atoms with Crippen LogP contribution in [0.1, 0.15) is 41.5 Å². The summed E-state index contributed by atoms with van der Waals surface area (Å²) in [5, 5.41) is 19.6. The maximum absolute atomic E-state index is 11.6. The van der Waals surface area contributed by atoms with Crippen LogP contribution in [-0.2, 0) is 6.42 Å². The van der Waals surface area contributed by atoms with E-state index in [-0.39, 0.29) is 11.3 Å². The van der Waals surface area contributed by atoms with Crippen molar-refractivity contribution in [3.8, 4) is 22.6 Å². The molecule has 0 aliphatic heterocycles. The zero-order valence-electron chi connectivity index (χ0n) is 17.1. The first-order valence-electron chi connectivity index (χ1n) is 10.1. The summed E-state index contributed by atoms with van der Waals surface area (Å²) in [6, 6.07) is 18.3. The molecule has 152 valence electrons. The number of phenols is 1. The lowest BCUT2D eigenvalue weighted by molar-refractivity contribution is 0.0697. The molecule has 1 heterocycles. The number of aromatic carboxylic acids is 1. The van der Waals surface area contributed by atoms with Gasteiger partial charge < -0.3 is 10.2 Å². The number of hydrogen-bond acceptors (Lipinski definition) is 3. The lowest BCUT2D eigenvalue weighted by atomic mass is 9.95. The van der Waals surface area contributed by atoms with E-state index in [0.29, 0.717) is 5.56 Å². The second-order valence-corrected chi connectivity index (χ2v) is 7.49. The lowest BCUT2D eigenvalue weighted by Gasteiger charge is -2.14. The second-order valence-electron chi connectivity index (χ2n) is 7.49. The minimum absolute atomic E-state index is 0.203. The molecule has 5 heteroatoms. The summed E-state index contributed by atoms with van der Waals surface area (Å²) in [5.41, 5.74) is 5.51. The fourth-order valence-corrected chi connectivity index (χ4v) is 3.90. The number of carboxylic acids is 1. The summed E-state index contributed by atoms with van der Waals surface area (Å²) in [4.78, 5) is 16.4. The van der Waals surface area contributed by atoms with E-state index in [0.717, 1.165) is 52.9 Å². The topological polar surface area (TPSA) is 75.4 Å². The first kappa shape index (κ1) is 19.7. The fraction of sp³-hybridized carbons (Fsp3) is 0.200. The highest BCUT2D eigenvalue weighted by Crippen LogP contribution is 2.31. The average Bonchev–Trinajstić information content (AvgIpc) is 3.09. The van der Waals surface area contributed by atoms with Gasteiger partial charge in [0.1, 0.15) is 11.6 Å². The van der Waals surface area contributed by atoms with Crippen LogP contribution in [-0.4, -0.2) is 25.7 Å². The van der Waals surface area contributed by atoms with Gasteiger partial charge in [-0.1, -0.05) is 37.6 Å². The second kappa shape index (κ2) is 8.03. The number of aryl methyl sites for hydroxylation is 2. The molecule has 0 amide bonds. The largest absolute Gasteiger partial charge is 0.508 e. The molecule has 0 aliphatic carbocycles. The molecule has 0 saturated carbocycles. The van der Waals surface area contributed by atoms with Crippen molar-refractivity contribution in [2.24, 2.45) is 0 Å². The Kier molecular flexibility index (Phi) is 5.27. The normalized spacial score (nSPS) is 11.1. The van der Waals surface area contributed by atoms with Gasteiger partial charge in [0.25, 0.3) is 0 Å². The van der Waals surface area contributed by atoms with Crippen LogP contribution in [0.3, 0.4) is 0 Å². The minimum Gasteiger partial charge on any atom is -0.508 e. The molecule has 5 nitrogen and oxygen atoms in total. The van der Waals surface area contributed by atoms with E-state index in [2.05, 4.69) is 17.6 Å².